The lowest BCUT2D eigenvalue weighted by molar-refractivity contribution is -0.128. The van der Waals surface area contributed by atoms with E-state index < -0.39 is 0 Å². The highest BCUT2D eigenvalue weighted by Crippen LogP contribution is 2.25. The molecule has 8 heteroatoms. The molecule has 1 amide bonds. The summed E-state index contributed by atoms with van der Waals surface area (Å²) >= 11 is 3.37. The Morgan fingerprint density at radius 2 is 2.17 bits per heavy atom. The van der Waals surface area contributed by atoms with Crippen molar-refractivity contribution in [2.24, 2.45) is 11.8 Å². The third kappa shape index (κ3) is 4.74. The number of anilines is 1. The Morgan fingerprint density at radius 3 is 2.75 bits per heavy atom. The van der Waals surface area contributed by atoms with E-state index in [2.05, 4.69) is 31.3 Å². The fourth-order valence-electron chi connectivity index (χ4n) is 2.58. The summed E-state index contributed by atoms with van der Waals surface area (Å²) in [5, 5.41) is 10.6. The first-order valence-electron chi connectivity index (χ1n) is 7.93. The van der Waals surface area contributed by atoms with Crippen molar-refractivity contribution in [1.82, 2.24) is 15.4 Å². The average molecular weight is 394 g/mol. The number of rotatable bonds is 5. The number of carbonyl (C=O) groups excluding carboxylic acids is 2. The number of halogens is 1. The normalized spacial score (nSPS) is 15.2. The molecule has 0 saturated heterocycles. The van der Waals surface area contributed by atoms with Crippen LogP contribution < -0.4 is 10.4 Å². The number of hydrogen-bond donors (Lipinski definition) is 1. The van der Waals surface area contributed by atoms with Crippen molar-refractivity contribution in [2.45, 2.75) is 39.5 Å². The minimum Gasteiger partial charge on any atom is -0.300 e. The molecule has 1 fully saturated rings. The molecule has 24 heavy (non-hydrogen) atoms. The quantitative estimate of drug-likeness (QED) is 0.770. The van der Waals surface area contributed by atoms with E-state index in [9.17, 15) is 9.59 Å². The second-order valence-corrected chi connectivity index (χ2v) is 7.12. The van der Waals surface area contributed by atoms with Gasteiger partial charge >= 0.3 is 0 Å². The third-order valence-corrected chi connectivity index (χ3v) is 4.35. The van der Waals surface area contributed by atoms with Gasteiger partial charge in [0.05, 0.1) is 4.47 Å². The van der Waals surface area contributed by atoms with E-state index in [4.69, 9.17) is 5.26 Å². The van der Waals surface area contributed by atoms with Crippen LogP contribution in [-0.4, -0.2) is 28.2 Å². The van der Waals surface area contributed by atoms with E-state index in [1.807, 2.05) is 19.9 Å². The number of amides is 1. The number of hydrazine groups is 1. The Hall–Kier alpha value is -2.01. The number of nitrogens with zero attached hydrogens (tertiary/aromatic N) is 4. The van der Waals surface area contributed by atoms with Gasteiger partial charge in [-0.3, -0.25) is 20.0 Å². The molecular formula is C16H20BrN5O2. The zero-order valence-electron chi connectivity index (χ0n) is 13.8. The minimum atomic E-state index is -0.173. The molecule has 1 heterocycles. The van der Waals surface area contributed by atoms with Crippen molar-refractivity contribution in [3.63, 3.8) is 0 Å². The van der Waals surface area contributed by atoms with Gasteiger partial charge in [0.15, 0.2) is 5.82 Å². The van der Waals surface area contributed by atoms with Crippen LogP contribution >= 0.6 is 15.9 Å². The Bertz CT molecular complexity index is 661. The number of ketones is 1. The minimum absolute atomic E-state index is 0.0412. The Kier molecular flexibility index (Phi) is 6.26. The van der Waals surface area contributed by atoms with Gasteiger partial charge in [0.1, 0.15) is 11.9 Å². The van der Waals surface area contributed by atoms with Crippen LogP contribution in [0.25, 0.3) is 0 Å². The highest BCUT2D eigenvalue weighted by molar-refractivity contribution is 9.10. The SMILES string of the molecule is CC(C)CN(NC(=O)C1CCC(=O)CC1)c1nc(C#N)ncc1Br. The van der Waals surface area contributed by atoms with E-state index >= 15 is 0 Å². The van der Waals surface area contributed by atoms with Crippen LogP contribution in [0.3, 0.4) is 0 Å². The molecular weight excluding hydrogens is 374 g/mol. The summed E-state index contributed by atoms with van der Waals surface area (Å²) in [6, 6.07) is 1.90. The molecule has 7 nitrogen and oxygen atoms in total. The van der Waals surface area contributed by atoms with Crippen LogP contribution in [0.5, 0.6) is 0 Å². The number of hydrogen-bond acceptors (Lipinski definition) is 6. The summed E-state index contributed by atoms with van der Waals surface area (Å²) < 4.78 is 0.598. The summed E-state index contributed by atoms with van der Waals surface area (Å²) in [6.45, 7) is 4.59. The van der Waals surface area contributed by atoms with Gasteiger partial charge in [-0.15, -0.1) is 0 Å². The molecule has 0 atom stereocenters. The maximum atomic E-state index is 12.5. The Morgan fingerprint density at radius 1 is 1.50 bits per heavy atom. The highest BCUT2D eigenvalue weighted by atomic mass is 79.9. The maximum Gasteiger partial charge on any atom is 0.241 e. The molecule has 2 rings (SSSR count). The van der Waals surface area contributed by atoms with E-state index in [0.717, 1.165) is 0 Å². The van der Waals surface area contributed by atoms with Crippen LogP contribution in [0, 0.1) is 23.2 Å². The topological polar surface area (TPSA) is 99.0 Å². The van der Waals surface area contributed by atoms with Crippen molar-refractivity contribution in [1.29, 1.82) is 5.26 Å². The zero-order chi connectivity index (χ0) is 17.7. The van der Waals surface area contributed by atoms with Crippen LogP contribution in [0.2, 0.25) is 0 Å². The molecule has 0 aromatic carbocycles. The second-order valence-electron chi connectivity index (χ2n) is 6.27. The van der Waals surface area contributed by atoms with Gasteiger partial charge < -0.3 is 0 Å². The zero-order valence-corrected chi connectivity index (χ0v) is 15.3. The molecule has 0 radical (unpaired) electrons. The third-order valence-electron chi connectivity index (χ3n) is 3.79. The molecule has 1 aromatic rings. The van der Waals surface area contributed by atoms with E-state index in [1.165, 1.54) is 6.20 Å². The molecule has 0 spiro atoms. The molecule has 1 saturated carbocycles. The summed E-state index contributed by atoms with van der Waals surface area (Å²) in [7, 11) is 0. The van der Waals surface area contributed by atoms with Crippen LogP contribution in [0.15, 0.2) is 10.7 Å². The number of nitrogens with one attached hydrogen (secondary N) is 1. The van der Waals surface area contributed by atoms with Gasteiger partial charge in [-0.2, -0.15) is 10.2 Å². The first-order valence-corrected chi connectivity index (χ1v) is 8.72. The fraction of sp³-hybridized carbons (Fsp3) is 0.562. The van der Waals surface area contributed by atoms with Crippen molar-refractivity contribution < 1.29 is 9.59 Å². The summed E-state index contributed by atoms with van der Waals surface area (Å²) in [5.41, 5.74) is 2.89. The Balaban J connectivity index is 2.18. The number of Topliss-reactive ketones (excluding diaryl/α,β-unsaturated/α-hetero) is 1. The molecule has 1 N–H and O–H groups in total. The summed E-state index contributed by atoms with van der Waals surface area (Å²) in [5.74, 6) is 0.691. The van der Waals surface area contributed by atoms with Gasteiger partial charge in [0.25, 0.3) is 0 Å². The molecule has 0 unspecified atom stereocenters. The maximum absolute atomic E-state index is 12.5. The smallest absolute Gasteiger partial charge is 0.241 e. The van der Waals surface area contributed by atoms with Gasteiger partial charge in [-0.05, 0) is 34.7 Å². The first kappa shape index (κ1) is 18.3. The van der Waals surface area contributed by atoms with Gasteiger partial charge in [-0.1, -0.05) is 13.8 Å². The summed E-state index contributed by atoms with van der Waals surface area (Å²) in [6.07, 6.45) is 3.57. The largest absolute Gasteiger partial charge is 0.300 e. The number of nitriles is 1. The predicted octanol–water partition coefficient (Wildman–Crippen LogP) is 2.36. The van der Waals surface area contributed by atoms with Crippen LogP contribution in [0.4, 0.5) is 5.82 Å². The van der Waals surface area contributed by atoms with E-state index in [0.29, 0.717) is 42.5 Å². The average Bonchev–Trinajstić information content (AvgIpc) is 2.55. The van der Waals surface area contributed by atoms with Crippen molar-refractivity contribution >= 4 is 33.4 Å². The monoisotopic (exact) mass is 393 g/mol. The molecule has 1 aliphatic rings. The molecule has 1 aliphatic carbocycles. The van der Waals surface area contributed by atoms with Gasteiger partial charge in [0, 0.05) is 31.5 Å². The van der Waals surface area contributed by atoms with E-state index in [-0.39, 0.29) is 29.4 Å². The Labute approximate surface area is 149 Å². The summed E-state index contributed by atoms with van der Waals surface area (Å²) in [4.78, 5) is 32.0. The lowest BCUT2D eigenvalue weighted by Gasteiger charge is -2.29. The van der Waals surface area contributed by atoms with Gasteiger partial charge in [0.2, 0.25) is 11.7 Å². The molecule has 128 valence electrons. The van der Waals surface area contributed by atoms with Crippen molar-refractivity contribution in [3.8, 4) is 6.07 Å². The predicted molar refractivity (Wildman–Crippen MR) is 91.7 cm³/mol. The molecule has 0 aliphatic heterocycles. The van der Waals surface area contributed by atoms with Crippen LogP contribution in [0.1, 0.15) is 45.4 Å². The lowest BCUT2D eigenvalue weighted by Crippen LogP contribution is -2.48. The first-order chi connectivity index (χ1) is 11.4. The second kappa shape index (κ2) is 8.20. The standard InChI is InChI=1S/C16H20BrN5O2/c1-10(2)9-22(15-13(17)8-19-14(7-18)20-15)21-16(24)11-3-5-12(23)6-4-11/h8,10-11H,3-6,9H2,1-2H3,(H,21,24). The van der Waals surface area contributed by atoms with Crippen molar-refractivity contribution in [2.75, 3.05) is 11.6 Å². The number of carbonyl (C=O) groups is 2. The van der Waals surface area contributed by atoms with Crippen LogP contribution in [-0.2, 0) is 9.59 Å². The molecule has 0 bridgehead atoms. The molecule has 1 aromatic heterocycles. The number of aromatic nitrogens is 2. The lowest BCUT2D eigenvalue weighted by atomic mass is 9.88. The van der Waals surface area contributed by atoms with Gasteiger partial charge in [-0.25, -0.2) is 4.98 Å². The highest BCUT2D eigenvalue weighted by Gasteiger charge is 2.27. The van der Waals surface area contributed by atoms with E-state index in [1.54, 1.807) is 5.01 Å². The fourth-order valence-corrected chi connectivity index (χ4v) is 2.98. The van der Waals surface area contributed by atoms with Crippen molar-refractivity contribution in [3.05, 3.63) is 16.5 Å².